The van der Waals surface area contributed by atoms with Gasteiger partial charge in [0, 0.05) is 13.7 Å². The van der Waals surface area contributed by atoms with Gasteiger partial charge in [-0.2, -0.15) is 0 Å². The first-order valence-corrected chi connectivity index (χ1v) is 9.43. The van der Waals surface area contributed by atoms with Crippen molar-refractivity contribution < 1.29 is 14.3 Å². The van der Waals surface area contributed by atoms with Crippen molar-refractivity contribution in [1.82, 2.24) is 0 Å². The molecule has 0 bridgehead atoms. The van der Waals surface area contributed by atoms with Crippen LogP contribution in [-0.4, -0.2) is 26.3 Å². The summed E-state index contributed by atoms with van der Waals surface area (Å²) in [5.41, 5.74) is 0. The van der Waals surface area contributed by atoms with Crippen molar-refractivity contribution >= 4 is 5.97 Å². The van der Waals surface area contributed by atoms with Gasteiger partial charge in [0.05, 0.1) is 12.5 Å². The lowest BCUT2D eigenvalue weighted by Gasteiger charge is -2.27. The van der Waals surface area contributed by atoms with E-state index in [0.29, 0.717) is 6.61 Å². The first-order chi connectivity index (χ1) is 10.8. The maximum Gasteiger partial charge on any atom is 0.308 e. The molecule has 0 spiro atoms. The number of hydrogen-bond donors (Lipinski definition) is 0. The van der Waals surface area contributed by atoms with Gasteiger partial charge in [-0.1, -0.05) is 39.0 Å². The Kier molecular flexibility index (Phi) is 11.4. The number of hydrogen-bond acceptors (Lipinski definition) is 3. The van der Waals surface area contributed by atoms with E-state index in [4.69, 9.17) is 9.47 Å². The molecule has 130 valence electrons. The molecule has 0 heterocycles. The van der Waals surface area contributed by atoms with Crippen LogP contribution < -0.4 is 0 Å². The van der Waals surface area contributed by atoms with Gasteiger partial charge in [-0.3, -0.25) is 4.79 Å². The van der Waals surface area contributed by atoms with Crippen molar-refractivity contribution in [3.63, 3.8) is 0 Å². The van der Waals surface area contributed by atoms with E-state index in [9.17, 15) is 4.79 Å². The molecule has 1 aliphatic rings. The molecule has 0 N–H and O–H groups in total. The monoisotopic (exact) mass is 312 g/mol. The highest BCUT2D eigenvalue weighted by atomic mass is 16.5. The fourth-order valence-electron chi connectivity index (χ4n) is 3.36. The molecule has 1 aliphatic carbocycles. The summed E-state index contributed by atoms with van der Waals surface area (Å²) in [5, 5.41) is 0. The van der Waals surface area contributed by atoms with Crippen LogP contribution in [-0.2, 0) is 14.3 Å². The van der Waals surface area contributed by atoms with Crippen LogP contribution in [0.4, 0.5) is 0 Å². The molecule has 0 unspecified atom stereocenters. The summed E-state index contributed by atoms with van der Waals surface area (Å²) in [4.78, 5) is 12.1. The molecule has 1 saturated carbocycles. The third-order valence-electron chi connectivity index (χ3n) is 4.88. The third-order valence-corrected chi connectivity index (χ3v) is 4.88. The Balaban J connectivity index is 2.00. The lowest BCUT2D eigenvalue weighted by atomic mass is 9.80. The van der Waals surface area contributed by atoms with E-state index < -0.39 is 0 Å². The normalized spacial score (nSPS) is 21.7. The standard InChI is InChI=1S/C19H36O3/c1-3-4-7-10-17-11-13-18(14-12-17)19(20)22-16-9-6-5-8-15-21-2/h17-18H,3-16H2,1-2H3. The van der Waals surface area contributed by atoms with Crippen LogP contribution in [0.1, 0.15) is 84.0 Å². The molecule has 0 aromatic rings. The number of ether oxygens (including phenoxy) is 2. The van der Waals surface area contributed by atoms with Gasteiger partial charge >= 0.3 is 5.97 Å². The second kappa shape index (κ2) is 12.9. The summed E-state index contributed by atoms with van der Waals surface area (Å²) in [6.07, 6.45) is 14.3. The Labute approximate surface area is 137 Å². The van der Waals surface area contributed by atoms with E-state index in [0.717, 1.165) is 51.0 Å². The summed E-state index contributed by atoms with van der Waals surface area (Å²) < 4.78 is 10.5. The van der Waals surface area contributed by atoms with Crippen LogP contribution in [0.15, 0.2) is 0 Å². The highest BCUT2D eigenvalue weighted by molar-refractivity contribution is 5.72. The van der Waals surface area contributed by atoms with Crippen LogP contribution in [0, 0.1) is 11.8 Å². The second-order valence-electron chi connectivity index (χ2n) is 6.79. The van der Waals surface area contributed by atoms with Gasteiger partial charge in [0.15, 0.2) is 0 Å². The molecule has 1 rings (SSSR count). The molecule has 0 amide bonds. The minimum atomic E-state index is 0.0592. The smallest absolute Gasteiger partial charge is 0.308 e. The first-order valence-electron chi connectivity index (χ1n) is 9.43. The zero-order valence-corrected chi connectivity index (χ0v) is 14.8. The van der Waals surface area contributed by atoms with Gasteiger partial charge in [0.1, 0.15) is 0 Å². The lowest BCUT2D eigenvalue weighted by Crippen LogP contribution is -2.24. The van der Waals surface area contributed by atoms with Gasteiger partial charge in [-0.15, -0.1) is 0 Å². The van der Waals surface area contributed by atoms with Crippen molar-refractivity contribution in [2.45, 2.75) is 84.0 Å². The Morgan fingerprint density at radius 1 is 0.909 bits per heavy atom. The molecule has 0 saturated heterocycles. The predicted molar refractivity (Wildman–Crippen MR) is 90.9 cm³/mol. The second-order valence-corrected chi connectivity index (χ2v) is 6.79. The number of rotatable bonds is 12. The topological polar surface area (TPSA) is 35.5 Å². The highest BCUT2D eigenvalue weighted by Crippen LogP contribution is 2.32. The molecule has 0 aromatic carbocycles. The molecule has 1 fully saturated rings. The Morgan fingerprint density at radius 3 is 2.23 bits per heavy atom. The lowest BCUT2D eigenvalue weighted by molar-refractivity contribution is -0.150. The van der Waals surface area contributed by atoms with Crippen LogP contribution in [0.25, 0.3) is 0 Å². The van der Waals surface area contributed by atoms with Crippen LogP contribution in [0.2, 0.25) is 0 Å². The Bertz CT molecular complexity index is 270. The van der Waals surface area contributed by atoms with E-state index in [1.165, 1.54) is 38.5 Å². The SMILES string of the molecule is CCCCCC1CCC(C(=O)OCCCCCCOC)CC1. The summed E-state index contributed by atoms with van der Waals surface area (Å²) >= 11 is 0. The molecular formula is C19H36O3. The maximum atomic E-state index is 12.1. The largest absolute Gasteiger partial charge is 0.465 e. The molecule has 0 aliphatic heterocycles. The van der Waals surface area contributed by atoms with Crippen LogP contribution in [0.3, 0.4) is 0 Å². The van der Waals surface area contributed by atoms with Crippen molar-refractivity contribution in [2.24, 2.45) is 11.8 Å². The van der Waals surface area contributed by atoms with Gasteiger partial charge < -0.3 is 9.47 Å². The average Bonchev–Trinajstić information content (AvgIpc) is 2.55. The number of carbonyl (C=O) groups is 1. The quantitative estimate of drug-likeness (QED) is 0.370. The van der Waals surface area contributed by atoms with Crippen molar-refractivity contribution in [3.05, 3.63) is 0 Å². The number of unbranched alkanes of at least 4 members (excludes halogenated alkanes) is 5. The van der Waals surface area contributed by atoms with Gasteiger partial charge in [0.25, 0.3) is 0 Å². The van der Waals surface area contributed by atoms with E-state index in [1.54, 1.807) is 7.11 Å². The van der Waals surface area contributed by atoms with Gasteiger partial charge in [0.2, 0.25) is 0 Å². The van der Waals surface area contributed by atoms with Crippen LogP contribution in [0.5, 0.6) is 0 Å². The molecular weight excluding hydrogens is 276 g/mol. The van der Waals surface area contributed by atoms with E-state index >= 15 is 0 Å². The molecule has 0 radical (unpaired) electrons. The number of methoxy groups -OCH3 is 1. The first kappa shape index (κ1) is 19.5. The van der Waals surface area contributed by atoms with Crippen LogP contribution >= 0.6 is 0 Å². The third kappa shape index (κ3) is 8.77. The van der Waals surface area contributed by atoms with Gasteiger partial charge in [-0.25, -0.2) is 0 Å². The maximum absolute atomic E-state index is 12.1. The zero-order valence-electron chi connectivity index (χ0n) is 14.8. The fraction of sp³-hybridized carbons (Fsp3) is 0.947. The molecule has 22 heavy (non-hydrogen) atoms. The molecule has 0 atom stereocenters. The van der Waals surface area contributed by atoms with Gasteiger partial charge in [-0.05, 0) is 50.9 Å². The fourth-order valence-corrected chi connectivity index (χ4v) is 3.36. The minimum absolute atomic E-state index is 0.0592. The highest BCUT2D eigenvalue weighted by Gasteiger charge is 2.26. The number of carbonyl (C=O) groups excluding carboxylic acids is 1. The number of esters is 1. The van der Waals surface area contributed by atoms with E-state index in [1.807, 2.05) is 0 Å². The van der Waals surface area contributed by atoms with Crippen molar-refractivity contribution in [1.29, 1.82) is 0 Å². The van der Waals surface area contributed by atoms with E-state index in [-0.39, 0.29) is 11.9 Å². The van der Waals surface area contributed by atoms with E-state index in [2.05, 4.69) is 6.92 Å². The molecule has 0 aromatic heterocycles. The summed E-state index contributed by atoms with van der Waals surface area (Å²) in [7, 11) is 1.74. The van der Waals surface area contributed by atoms with Crippen molar-refractivity contribution in [2.75, 3.05) is 20.3 Å². The minimum Gasteiger partial charge on any atom is -0.465 e. The summed E-state index contributed by atoms with van der Waals surface area (Å²) in [5.74, 6) is 1.09. The molecule has 3 heteroatoms. The predicted octanol–water partition coefficient (Wildman–Crippen LogP) is 5.12. The zero-order chi connectivity index (χ0) is 16.0. The Morgan fingerprint density at radius 2 is 1.59 bits per heavy atom. The summed E-state index contributed by atoms with van der Waals surface area (Å²) in [6, 6.07) is 0. The van der Waals surface area contributed by atoms with Crippen molar-refractivity contribution in [3.8, 4) is 0 Å². The molecule has 3 nitrogen and oxygen atoms in total. The summed E-state index contributed by atoms with van der Waals surface area (Å²) in [6.45, 7) is 3.69. The average molecular weight is 312 g/mol. The Hall–Kier alpha value is -0.570.